The molecule has 1 heterocycles. The number of para-hydroxylation sites is 1. The zero-order valence-corrected chi connectivity index (χ0v) is 16.7. The van der Waals surface area contributed by atoms with E-state index in [1.165, 1.54) is 0 Å². The molecule has 6 nitrogen and oxygen atoms in total. The predicted molar refractivity (Wildman–Crippen MR) is 121 cm³/mol. The van der Waals surface area contributed by atoms with E-state index in [-0.39, 0.29) is 6.61 Å². The highest BCUT2D eigenvalue weighted by atomic mass is 16.2. The van der Waals surface area contributed by atoms with Crippen LogP contribution in [0.1, 0.15) is 5.56 Å². The molecule has 0 amide bonds. The Morgan fingerprint density at radius 2 is 1.70 bits per heavy atom. The Morgan fingerprint density at radius 3 is 2.50 bits per heavy atom. The van der Waals surface area contributed by atoms with Gasteiger partial charge in [-0.25, -0.2) is 4.98 Å². The fourth-order valence-electron chi connectivity index (χ4n) is 3.47. The largest absolute Gasteiger partial charge is 0.396 e. The number of aromatic nitrogens is 3. The van der Waals surface area contributed by atoms with E-state index in [0.29, 0.717) is 19.5 Å². The van der Waals surface area contributed by atoms with Crippen molar-refractivity contribution >= 4 is 17.1 Å². The molecule has 0 atom stereocenters. The number of benzene rings is 3. The van der Waals surface area contributed by atoms with E-state index in [2.05, 4.69) is 51.0 Å². The van der Waals surface area contributed by atoms with E-state index >= 15 is 0 Å². The highest BCUT2D eigenvalue weighted by molar-refractivity contribution is 5.83. The van der Waals surface area contributed by atoms with Crippen LogP contribution in [0.3, 0.4) is 0 Å². The number of hydrogen-bond donors (Lipinski definition) is 3. The second-order valence-electron chi connectivity index (χ2n) is 6.97. The maximum absolute atomic E-state index is 9.47. The SMILES string of the molecule is OCCc1ccccc1-c1ccc(Nc2ccccc2)cc1NCCn1cncn1. The third kappa shape index (κ3) is 4.85. The maximum Gasteiger partial charge on any atom is 0.137 e. The number of hydrogen-bond acceptors (Lipinski definition) is 5. The number of nitrogens with one attached hydrogen (secondary N) is 2. The van der Waals surface area contributed by atoms with Crippen LogP contribution in [-0.2, 0) is 13.0 Å². The van der Waals surface area contributed by atoms with Gasteiger partial charge in [-0.05, 0) is 41.8 Å². The minimum atomic E-state index is 0.125. The molecule has 152 valence electrons. The van der Waals surface area contributed by atoms with Gasteiger partial charge < -0.3 is 15.7 Å². The molecule has 30 heavy (non-hydrogen) atoms. The first-order valence-electron chi connectivity index (χ1n) is 10.0. The van der Waals surface area contributed by atoms with Crippen LogP contribution in [-0.4, -0.2) is 33.0 Å². The highest BCUT2D eigenvalue weighted by Gasteiger charge is 2.11. The van der Waals surface area contributed by atoms with Crippen molar-refractivity contribution in [2.45, 2.75) is 13.0 Å². The lowest BCUT2D eigenvalue weighted by molar-refractivity contribution is 0.300. The molecule has 0 saturated heterocycles. The first-order valence-corrected chi connectivity index (χ1v) is 10.0. The van der Waals surface area contributed by atoms with Crippen LogP contribution in [0.4, 0.5) is 17.1 Å². The van der Waals surface area contributed by atoms with Gasteiger partial charge in [-0.3, -0.25) is 4.68 Å². The van der Waals surface area contributed by atoms with Crippen LogP contribution in [0.5, 0.6) is 0 Å². The summed E-state index contributed by atoms with van der Waals surface area (Å²) in [4.78, 5) is 4.00. The van der Waals surface area contributed by atoms with E-state index in [4.69, 9.17) is 0 Å². The Balaban J connectivity index is 1.64. The van der Waals surface area contributed by atoms with Crippen molar-refractivity contribution in [2.75, 3.05) is 23.8 Å². The van der Waals surface area contributed by atoms with Gasteiger partial charge in [0.15, 0.2) is 0 Å². The Bertz CT molecular complexity index is 1060. The van der Waals surface area contributed by atoms with Crippen LogP contribution in [0.25, 0.3) is 11.1 Å². The van der Waals surface area contributed by atoms with Crippen molar-refractivity contribution in [1.82, 2.24) is 14.8 Å². The summed E-state index contributed by atoms with van der Waals surface area (Å²) in [6.45, 7) is 1.56. The molecular formula is C24H25N5O. The van der Waals surface area contributed by atoms with Crippen molar-refractivity contribution in [3.63, 3.8) is 0 Å². The smallest absolute Gasteiger partial charge is 0.137 e. The van der Waals surface area contributed by atoms with Crippen molar-refractivity contribution in [3.05, 3.63) is 91.0 Å². The second kappa shape index (κ2) is 9.71. The summed E-state index contributed by atoms with van der Waals surface area (Å²) in [5, 5.41) is 20.7. The Labute approximate surface area is 176 Å². The standard InChI is InChI=1S/C24H25N5O/c30-15-12-19-6-4-5-9-22(19)23-11-10-21(28-20-7-2-1-3-8-20)16-24(23)26-13-14-29-18-25-17-27-29/h1-11,16-18,26,28,30H,12-15H2. The topological polar surface area (TPSA) is 75.0 Å². The van der Waals surface area contributed by atoms with Gasteiger partial charge in [-0.1, -0.05) is 48.5 Å². The van der Waals surface area contributed by atoms with Gasteiger partial charge >= 0.3 is 0 Å². The number of anilines is 3. The lowest BCUT2D eigenvalue weighted by Crippen LogP contribution is -2.12. The summed E-state index contributed by atoms with van der Waals surface area (Å²) in [6, 6.07) is 24.7. The molecule has 3 N–H and O–H groups in total. The van der Waals surface area contributed by atoms with Crippen LogP contribution in [0.15, 0.2) is 85.5 Å². The van der Waals surface area contributed by atoms with Gasteiger partial charge in [0.25, 0.3) is 0 Å². The van der Waals surface area contributed by atoms with Crippen molar-refractivity contribution < 1.29 is 5.11 Å². The molecule has 0 fully saturated rings. The van der Waals surface area contributed by atoms with Gasteiger partial charge in [0.1, 0.15) is 12.7 Å². The first-order chi connectivity index (χ1) is 14.8. The molecule has 4 aromatic rings. The van der Waals surface area contributed by atoms with E-state index in [0.717, 1.165) is 33.8 Å². The third-order valence-corrected chi connectivity index (χ3v) is 4.89. The lowest BCUT2D eigenvalue weighted by Gasteiger charge is -2.17. The number of aliphatic hydroxyl groups is 1. The van der Waals surface area contributed by atoms with Crippen molar-refractivity contribution in [2.24, 2.45) is 0 Å². The predicted octanol–water partition coefficient (Wildman–Crippen LogP) is 4.34. The minimum absolute atomic E-state index is 0.125. The zero-order chi connectivity index (χ0) is 20.6. The molecule has 0 aliphatic heterocycles. The lowest BCUT2D eigenvalue weighted by atomic mass is 9.96. The number of nitrogens with zero attached hydrogens (tertiary/aromatic N) is 3. The molecule has 1 aromatic heterocycles. The molecule has 0 unspecified atom stereocenters. The minimum Gasteiger partial charge on any atom is -0.396 e. The summed E-state index contributed by atoms with van der Waals surface area (Å²) < 4.78 is 1.80. The van der Waals surface area contributed by atoms with E-state index in [1.807, 2.05) is 42.5 Å². The van der Waals surface area contributed by atoms with Crippen LogP contribution >= 0.6 is 0 Å². The monoisotopic (exact) mass is 399 g/mol. The van der Waals surface area contributed by atoms with Gasteiger partial charge in [-0.2, -0.15) is 5.10 Å². The van der Waals surface area contributed by atoms with Gasteiger partial charge in [-0.15, -0.1) is 0 Å². The van der Waals surface area contributed by atoms with Crippen molar-refractivity contribution in [1.29, 1.82) is 0 Å². The fraction of sp³-hybridized carbons (Fsp3) is 0.167. The summed E-state index contributed by atoms with van der Waals surface area (Å²) in [7, 11) is 0. The summed E-state index contributed by atoms with van der Waals surface area (Å²) in [5.41, 5.74) is 6.44. The van der Waals surface area contributed by atoms with Gasteiger partial charge in [0.2, 0.25) is 0 Å². The Kier molecular flexibility index (Phi) is 6.37. The normalized spacial score (nSPS) is 10.7. The summed E-state index contributed by atoms with van der Waals surface area (Å²) in [5.74, 6) is 0. The Morgan fingerprint density at radius 1 is 0.867 bits per heavy atom. The molecule has 0 bridgehead atoms. The zero-order valence-electron chi connectivity index (χ0n) is 16.7. The molecule has 0 aliphatic carbocycles. The van der Waals surface area contributed by atoms with Crippen LogP contribution in [0, 0.1) is 0 Å². The van der Waals surface area contributed by atoms with E-state index in [9.17, 15) is 5.11 Å². The summed E-state index contributed by atoms with van der Waals surface area (Å²) in [6.07, 6.45) is 3.88. The third-order valence-electron chi connectivity index (χ3n) is 4.89. The Hall–Kier alpha value is -3.64. The molecule has 0 radical (unpaired) electrons. The molecule has 6 heteroatoms. The quantitative estimate of drug-likeness (QED) is 0.390. The van der Waals surface area contributed by atoms with E-state index in [1.54, 1.807) is 17.3 Å². The summed E-state index contributed by atoms with van der Waals surface area (Å²) >= 11 is 0. The average Bonchev–Trinajstić information content (AvgIpc) is 3.29. The van der Waals surface area contributed by atoms with Gasteiger partial charge in [0, 0.05) is 35.8 Å². The highest BCUT2D eigenvalue weighted by Crippen LogP contribution is 2.34. The van der Waals surface area contributed by atoms with Gasteiger partial charge in [0.05, 0.1) is 6.54 Å². The molecular weight excluding hydrogens is 374 g/mol. The van der Waals surface area contributed by atoms with Crippen LogP contribution < -0.4 is 10.6 Å². The van der Waals surface area contributed by atoms with Crippen LogP contribution in [0.2, 0.25) is 0 Å². The molecule has 0 spiro atoms. The fourth-order valence-corrected chi connectivity index (χ4v) is 3.47. The molecule has 0 saturated carbocycles. The number of aliphatic hydroxyl groups excluding tert-OH is 1. The second-order valence-corrected chi connectivity index (χ2v) is 6.97. The van der Waals surface area contributed by atoms with E-state index < -0.39 is 0 Å². The van der Waals surface area contributed by atoms with Crippen molar-refractivity contribution in [3.8, 4) is 11.1 Å². The maximum atomic E-state index is 9.47. The molecule has 4 rings (SSSR count). The number of rotatable bonds is 9. The molecule has 0 aliphatic rings. The molecule has 3 aromatic carbocycles. The first kappa shape index (κ1) is 19.7. The average molecular weight is 399 g/mol.